The molecule has 98 valence electrons. The zero-order valence-electron chi connectivity index (χ0n) is 10.4. The molecule has 0 amide bonds. The summed E-state index contributed by atoms with van der Waals surface area (Å²) in [6, 6.07) is 10.3. The summed E-state index contributed by atoms with van der Waals surface area (Å²) in [5, 5.41) is 3.23. The molecule has 0 radical (unpaired) electrons. The van der Waals surface area contributed by atoms with Gasteiger partial charge in [-0.25, -0.2) is 9.78 Å². The van der Waals surface area contributed by atoms with E-state index in [0.29, 0.717) is 38.0 Å². The van der Waals surface area contributed by atoms with E-state index in [9.17, 15) is 4.79 Å². The van der Waals surface area contributed by atoms with E-state index in [-0.39, 0.29) is 0 Å². The zero-order valence-corrected chi connectivity index (χ0v) is 10.4. The van der Waals surface area contributed by atoms with Crippen LogP contribution in [0.4, 0.5) is 0 Å². The Kier molecular flexibility index (Phi) is 5.33. The van der Waals surface area contributed by atoms with E-state index in [1.807, 2.05) is 30.3 Å². The molecule has 1 aromatic carbocycles. The quantitative estimate of drug-likeness (QED) is 0.363. The predicted molar refractivity (Wildman–Crippen MR) is 67.6 cm³/mol. The van der Waals surface area contributed by atoms with E-state index < -0.39 is 0 Å². The number of carbonyl (C=O) groups is 1. The van der Waals surface area contributed by atoms with E-state index in [1.165, 1.54) is 0 Å². The lowest BCUT2D eigenvalue weighted by atomic mass is 9.95. The van der Waals surface area contributed by atoms with Crippen LogP contribution in [-0.2, 0) is 21.2 Å². The monoisotopic (exact) mass is 249 g/mol. The molecule has 0 bridgehead atoms. The number of Topliss-reactive ketones (excluding diaryl/α,β-unsaturated/α-hetero) is 1. The number of carbonyl (C=O) groups excluding carboxylic acids is 1. The number of benzene rings is 1. The Balaban J connectivity index is 1.52. The number of hydrogen-bond donors (Lipinski definition) is 1. The van der Waals surface area contributed by atoms with E-state index in [2.05, 4.69) is 5.32 Å². The van der Waals surface area contributed by atoms with Gasteiger partial charge in [0.2, 0.25) is 0 Å². The van der Waals surface area contributed by atoms with Gasteiger partial charge in [0, 0.05) is 18.9 Å². The fourth-order valence-electron chi connectivity index (χ4n) is 2.02. The maximum Gasteiger partial charge on any atom is 0.133 e. The first kappa shape index (κ1) is 13.2. The Morgan fingerprint density at radius 3 is 2.56 bits per heavy atom. The summed E-state index contributed by atoms with van der Waals surface area (Å²) < 4.78 is 0. The van der Waals surface area contributed by atoms with Gasteiger partial charge in [-0.3, -0.25) is 10.1 Å². The zero-order chi connectivity index (χ0) is 12.6. The summed E-state index contributed by atoms with van der Waals surface area (Å²) in [6.45, 7) is 0.817. The maximum atomic E-state index is 11.1. The van der Waals surface area contributed by atoms with Crippen LogP contribution in [0.2, 0.25) is 0 Å². The molecule has 1 saturated carbocycles. The Hall–Kier alpha value is -1.23. The van der Waals surface area contributed by atoms with E-state index >= 15 is 0 Å². The molecule has 0 unspecified atom stereocenters. The number of rotatable bonds is 6. The molecule has 1 fully saturated rings. The molecule has 0 aromatic heterocycles. The molecule has 1 aromatic rings. The van der Waals surface area contributed by atoms with E-state index in [4.69, 9.17) is 9.78 Å². The van der Waals surface area contributed by atoms with Crippen molar-refractivity contribution >= 4 is 5.78 Å². The van der Waals surface area contributed by atoms with Crippen LogP contribution in [-0.4, -0.2) is 18.6 Å². The SMILES string of the molecule is O=C1CCC(NCOOCc2ccccc2)CC1. The molecular formula is C14H19NO3. The van der Waals surface area contributed by atoms with Crippen molar-refractivity contribution in [2.75, 3.05) is 6.73 Å². The first-order valence-electron chi connectivity index (χ1n) is 6.38. The van der Waals surface area contributed by atoms with Gasteiger partial charge >= 0.3 is 0 Å². The van der Waals surface area contributed by atoms with Crippen molar-refractivity contribution in [1.29, 1.82) is 0 Å². The molecule has 0 aliphatic heterocycles. The van der Waals surface area contributed by atoms with Crippen LogP contribution in [0.25, 0.3) is 0 Å². The normalized spacial score (nSPS) is 17.0. The summed E-state index contributed by atoms with van der Waals surface area (Å²) >= 11 is 0. The lowest BCUT2D eigenvalue weighted by Gasteiger charge is -2.21. The summed E-state index contributed by atoms with van der Waals surface area (Å²) in [5.74, 6) is 0.370. The highest BCUT2D eigenvalue weighted by Gasteiger charge is 2.17. The van der Waals surface area contributed by atoms with Crippen molar-refractivity contribution in [2.45, 2.75) is 38.3 Å². The molecular weight excluding hydrogens is 230 g/mol. The molecule has 1 aliphatic rings. The van der Waals surface area contributed by atoms with Gasteiger partial charge in [-0.05, 0) is 18.4 Å². The van der Waals surface area contributed by atoms with Crippen LogP contribution in [0.5, 0.6) is 0 Å². The van der Waals surface area contributed by atoms with Crippen molar-refractivity contribution in [3.63, 3.8) is 0 Å². The van der Waals surface area contributed by atoms with Crippen molar-refractivity contribution in [1.82, 2.24) is 5.32 Å². The van der Waals surface area contributed by atoms with Crippen LogP contribution in [0.15, 0.2) is 30.3 Å². The molecule has 0 spiro atoms. The van der Waals surface area contributed by atoms with E-state index in [1.54, 1.807) is 0 Å². The lowest BCUT2D eigenvalue weighted by Crippen LogP contribution is -2.34. The highest BCUT2D eigenvalue weighted by Crippen LogP contribution is 2.14. The molecule has 18 heavy (non-hydrogen) atoms. The largest absolute Gasteiger partial charge is 0.300 e. The average molecular weight is 249 g/mol. The third-order valence-corrected chi connectivity index (χ3v) is 3.13. The second-order valence-electron chi connectivity index (χ2n) is 4.53. The van der Waals surface area contributed by atoms with Crippen molar-refractivity contribution < 1.29 is 14.6 Å². The van der Waals surface area contributed by atoms with Crippen LogP contribution >= 0.6 is 0 Å². The Bertz CT molecular complexity index is 357. The van der Waals surface area contributed by atoms with Crippen LogP contribution in [0.3, 0.4) is 0 Å². The predicted octanol–water partition coefficient (Wildman–Crippen LogP) is 2.19. The van der Waals surface area contributed by atoms with Gasteiger partial charge in [-0.2, -0.15) is 0 Å². The van der Waals surface area contributed by atoms with Gasteiger partial charge < -0.3 is 0 Å². The minimum Gasteiger partial charge on any atom is -0.300 e. The van der Waals surface area contributed by atoms with Crippen molar-refractivity contribution in [3.05, 3.63) is 35.9 Å². The summed E-state index contributed by atoms with van der Waals surface area (Å²) in [7, 11) is 0. The Morgan fingerprint density at radius 1 is 1.11 bits per heavy atom. The van der Waals surface area contributed by atoms with Crippen LogP contribution < -0.4 is 5.32 Å². The first-order valence-corrected chi connectivity index (χ1v) is 6.38. The van der Waals surface area contributed by atoms with Crippen molar-refractivity contribution in [3.8, 4) is 0 Å². The average Bonchev–Trinajstić information content (AvgIpc) is 2.42. The number of ketones is 1. The van der Waals surface area contributed by atoms with Gasteiger partial charge in [-0.15, -0.1) is 0 Å². The van der Waals surface area contributed by atoms with Crippen LogP contribution in [0, 0.1) is 0 Å². The number of nitrogens with one attached hydrogen (secondary N) is 1. The maximum absolute atomic E-state index is 11.1. The molecule has 0 heterocycles. The Labute approximate surface area is 107 Å². The molecule has 2 rings (SSSR count). The standard InChI is InChI=1S/C14H19NO3/c16-14-8-6-13(7-9-14)15-11-18-17-10-12-4-2-1-3-5-12/h1-5,13,15H,6-11H2. The third kappa shape index (κ3) is 4.56. The highest BCUT2D eigenvalue weighted by molar-refractivity contribution is 5.79. The Morgan fingerprint density at radius 2 is 1.83 bits per heavy atom. The molecule has 0 atom stereocenters. The van der Waals surface area contributed by atoms with Gasteiger partial charge in [0.15, 0.2) is 0 Å². The minimum absolute atomic E-state index is 0.367. The fourth-order valence-corrected chi connectivity index (χ4v) is 2.02. The van der Waals surface area contributed by atoms with E-state index in [0.717, 1.165) is 18.4 Å². The molecule has 0 saturated heterocycles. The topological polar surface area (TPSA) is 47.6 Å². The number of hydrogen-bond acceptors (Lipinski definition) is 4. The minimum atomic E-state index is 0.367. The smallest absolute Gasteiger partial charge is 0.133 e. The summed E-state index contributed by atoms with van der Waals surface area (Å²) in [5.41, 5.74) is 1.08. The summed E-state index contributed by atoms with van der Waals surface area (Å²) in [4.78, 5) is 21.2. The lowest BCUT2D eigenvalue weighted by molar-refractivity contribution is -0.309. The molecule has 4 nitrogen and oxygen atoms in total. The highest BCUT2D eigenvalue weighted by atomic mass is 17.2. The second-order valence-corrected chi connectivity index (χ2v) is 4.53. The van der Waals surface area contributed by atoms with Crippen LogP contribution in [0.1, 0.15) is 31.2 Å². The van der Waals surface area contributed by atoms with Gasteiger partial charge in [0.1, 0.15) is 19.1 Å². The molecule has 1 N–H and O–H groups in total. The van der Waals surface area contributed by atoms with Gasteiger partial charge in [-0.1, -0.05) is 30.3 Å². The molecule has 4 heteroatoms. The summed E-state index contributed by atoms with van der Waals surface area (Å²) in [6.07, 6.45) is 3.17. The second kappa shape index (κ2) is 7.26. The van der Waals surface area contributed by atoms with Gasteiger partial charge in [0.05, 0.1) is 0 Å². The fraction of sp³-hybridized carbons (Fsp3) is 0.500. The van der Waals surface area contributed by atoms with Crippen molar-refractivity contribution in [2.24, 2.45) is 0 Å². The first-order chi connectivity index (χ1) is 8.84. The molecule has 1 aliphatic carbocycles. The third-order valence-electron chi connectivity index (χ3n) is 3.13. The van der Waals surface area contributed by atoms with Gasteiger partial charge in [0.25, 0.3) is 0 Å².